The fourth-order valence-corrected chi connectivity index (χ4v) is 3.46. The minimum atomic E-state index is -0.425. The summed E-state index contributed by atoms with van der Waals surface area (Å²) in [7, 11) is 0. The predicted molar refractivity (Wildman–Crippen MR) is 88.3 cm³/mol. The molecular weight excluding hydrogens is 258 g/mol. The number of benzene rings is 2. The minimum Gasteiger partial charge on any atom is -0.387 e. The standard InChI is InChI=1S/C19H25NO/c1-14-5-4-8-18(14)12-20-13-19(21)17-10-9-15-6-2-3-7-16(15)11-17/h2-3,6-7,9-11,14,18-21H,4-5,8,12-13H2,1H3. The Kier molecular flexibility index (Phi) is 4.57. The molecule has 2 N–H and O–H groups in total. The van der Waals surface area contributed by atoms with Crippen LogP contribution < -0.4 is 5.32 Å². The fourth-order valence-electron chi connectivity index (χ4n) is 3.46. The van der Waals surface area contributed by atoms with Crippen LogP contribution in [0, 0.1) is 11.8 Å². The molecule has 1 fully saturated rings. The topological polar surface area (TPSA) is 32.3 Å². The maximum Gasteiger partial charge on any atom is 0.0914 e. The van der Waals surface area contributed by atoms with Crippen LogP contribution in [-0.4, -0.2) is 18.2 Å². The summed E-state index contributed by atoms with van der Waals surface area (Å²) >= 11 is 0. The molecule has 2 nitrogen and oxygen atoms in total. The van der Waals surface area contributed by atoms with E-state index in [-0.39, 0.29) is 0 Å². The normalized spacial score (nSPS) is 23.5. The lowest BCUT2D eigenvalue weighted by Crippen LogP contribution is -2.28. The van der Waals surface area contributed by atoms with Crippen molar-refractivity contribution in [1.82, 2.24) is 5.32 Å². The zero-order valence-electron chi connectivity index (χ0n) is 12.8. The SMILES string of the molecule is CC1CCCC1CNCC(O)c1ccc2ccccc2c1. The molecule has 0 saturated heterocycles. The van der Waals surface area contributed by atoms with Crippen molar-refractivity contribution in [2.75, 3.05) is 13.1 Å². The van der Waals surface area contributed by atoms with Gasteiger partial charge in [0.05, 0.1) is 6.10 Å². The second-order valence-electron chi connectivity index (χ2n) is 6.45. The zero-order chi connectivity index (χ0) is 14.7. The smallest absolute Gasteiger partial charge is 0.0914 e. The number of nitrogens with one attached hydrogen (secondary N) is 1. The highest BCUT2D eigenvalue weighted by Gasteiger charge is 2.22. The van der Waals surface area contributed by atoms with Gasteiger partial charge in [-0.25, -0.2) is 0 Å². The predicted octanol–water partition coefficient (Wildman–Crippen LogP) is 3.90. The van der Waals surface area contributed by atoms with E-state index < -0.39 is 6.10 Å². The number of rotatable bonds is 5. The van der Waals surface area contributed by atoms with Crippen molar-refractivity contribution in [1.29, 1.82) is 0 Å². The lowest BCUT2D eigenvalue weighted by atomic mass is 9.98. The molecule has 0 amide bonds. The number of aliphatic hydroxyl groups is 1. The van der Waals surface area contributed by atoms with E-state index in [1.807, 2.05) is 18.2 Å². The molecule has 1 aliphatic carbocycles. The van der Waals surface area contributed by atoms with Crippen molar-refractivity contribution < 1.29 is 5.11 Å². The number of aliphatic hydroxyl groups excluding tert-OH is 1. The second-order valence-corrected chi connectivity index (χ2v) is 6.45. The first-order valence-corrected chi connectivity index (χ1v) is 8.11. The summed E-state index contributed by atoms with van der Waals surface area (Å²) in [4.78, 5) is 0. The van der Waals surface area contributed by atoms with Gasteiger partial charge in [0.25, 0.3) is 0 Å². The van der Waals surface area contributed by atoms with Crippen LogP contribution in [0.1, 0.15) is 37.9 Å². The van der Waals surface area contributed by atoms with E-state index in [9.17, 15) is 5.11 Å². The molecule has 3 unspecified atom stereocenters. The molecule has 21 heavy (non-hydrogen) atoms. The summed E-state index contributed by atoms with van der Waals surface area (Å²) in [5.74, 6) is 1.61. The lowest BCUT2D eigenvalue weighted by molar-refractivity contribution is 0.171. The third-order valence-electron chi connectivity index (χ3n) is 4.94. The number of hydrogen-bond donors (Lipinski definition) is 2. The number of fused-ring (bicyclic) bond motifs is 1. The van der Waals surface area contributed by atoms with Crippen LogP contribution >= 0.6 is 0 Å². The molecule has 2 aromatic carbocycles. The van der Waals surface area contributed by atoms with E-state index in [1.54, 1.807) is 0 Å². The molecule has 112 valence electrons. The fraction of sp³-hybridized carbons (Fsp3) is 0.474. The summed E-state index contributed by atoms with van der Waals surface area (Å²) in [5.41, 5.74) is 1.00. The second kappa shape index (κ2) is 6.59. The highest BCUT2D eigenvalue weighted by atomic mass is 16.3. The van der Waals surface area contributed by atoms with Gasteiger partial charge in [0.2, 0.25) is 0 Å². The molecule has 0 radical (unpaired) electrons. The van der Waals surface area contributed by atoms with Gasteiger partial charge in [-0.2, -0.15) is 0 Å². The highest BCUT2D eigenvalue weighted by Crippen LogP contribution is 2.30. The molecule has 0 heterocycles. The molecule has 3 atom stereocenters. The van der Waals surface area contributed by atoms with E-state index in [0.29, 0.717) is 6.54 Å². The van der Waals surface area contributed by atoms with E-state index in [2.05, 4.69) is 36.5 Å². The Morgan fingerprint density at radius 1 is 1.14 bits per heavy atom. The Labute approximate surface area is 127 Å². The van der Waals surface area contributed by atoms with Crippen LogP contribution in [0.25, 0.3) is 10.8 Å². The van der Waals surface area contributed by atoms with Crippen LogP contribution in [0.5, 0.6) is 0 Å². The van der Waals surface area contributed by atoms with Gasteiger partial charge in [0, 0.05) is 6.54 Å². The third kappa shape index (κ3) is 3.45. The molecule has 0 spiro atoms. The maximum absolute atomic E-state index is 10.4. The van der Waals surface area contributed by atoms with Gasteiger partial charge in [0.1, 0.15) is 0 Å². The van der Waals surface area contributed by atoms with Crippen molar-refractivity contribution in [3.05, 3.63) is 48.0 Å². The van der Waals surface area contributed by atoms with Crippen molar-refractivity contribution in [2.24, 2.45) is 11.8 Å². The first-order chi connectivity index (χ1) is 10.2. The average Bonchev–Trinajstić information content (AvgIpc) is 2.92. The van der Waals surface area contributed by atoms with Crippen molar-refractivity contribution in [2.45, 2.75) is 32.3 Å². The van der Waals surface area contributed by atoms with E-state index in [0.717, 1.165) is 23.9 Å². The lowest BCUT2D eigenvalue weighted by Gasteiger charge is -2.18. The first-order valence-electron chi connectivity index (χ1n) is 8.11. The van der Waals surface area contributed by atoms with Gasteiger partial charge >= 0.3 is 0 Å². The molecule has 2 aromatic rings. The van der Waals surface area contributed by atoms with Crippen LogP contribution in [0.15, 0.2) is 42.5 Å². The van der Waals surface area contributed by atoms with Crippen LogP contribution in [0.2, 0.25) is 0 Å². The zero-order valence-corrected chi connectivity index (χ0v) is 12.8. The van der Waals surface area contributed by atoms with Gasteiger partial charge in [0.15, 0.2) is 0 Å². The van der Waals surface area contributed by atoms with Crippen molar-refractivity contribution >= 4 is 10.8 Å². The molecule has 2 heteroatoms. The molecular formula is C19H25NO. The molecule has 1 aliphatic rings. The van der Waals surface area contributed by atoms with Gasteiger partial charge in [-0.15, -0.1) is 0 Å². The van der Waals surface area contributed by atoms with Crippen LogP contribution in [0.3, 0.4) is 0 Å². The summed E-state index contributed by atoms with van der Waals surface area (Å²) in [5, 5.41) is 16.2. The third-order valence-corrected chi connectivity index (χ3v) is 4.94. The van der Waals surface area contributed by atoms with E-state index >= 15 is 0 Å². The van der Waals surface area contributed by atoms with Gasteiger partial charge in [-0.1, -0.05) is 56.2 Å². The minimum absolute atomic E-state index is 0.425. The van der Waals surface area contributed by atoms with Crippen LogP contribution in [0.4, 0.5) is 0 Å². The van der Waals surface area contributed by atoms with Gasteiger partial charge in [-0.3, -0.25) is 0 Å². The average molecular weight is 283 g/mol. The van der Waals surface area contributed by atoms with Crippen LogP contribution in [-0.2, 0) is 0 Å². The van der Waals surface area contributed by atoms with Crippen molar-refractivity contribution in [3.8, 4) is 0 Å². The Morgan fingerprint density at radius 3 is 2.71 bits per heavy atom. The van der Waals surface area contributed by atoms with E-state index in [1.165, 1.54) is 30.0 Å². The van der Waals surface area contributed by atoms with E-state index in [4.69, 9.17) is 0 Å². The quantitative estimate of drug-likeness (QED) is 0.872. The summed E-state index contributed by atoms with van der Waals surface area (Å²) in [6.07, 6.45) is 3.63. The van der Waals surface area contributed by atoms with Gasteiger partial charge in [-0.05, 0) is 47.2 Å². The molecule has 1 saturated carbocycles. The first kappa shape index (κ1) is 14.6. The Morgan fingerprint density at radius 2 is 1.95 bits per heavy atom. The maximum atomic E-state index is 10.4. The molecule has 0 bridgehead atoms. The highest BCUT2D eigenvalue weighted by molar-refractivity contribution is 5.83. The largest absolute Gasteiger partial charge is 0.387 e. The molecule has 0 aromatic heterocycles. The Balaban J connectivity index is 1.57. The van der Waals surface area contributed by atoms with Crippen molar-refractivity contribution in [3.63, 3.8) is 0 Å². The summed E-state index contributed by atoms with van der Waals surface area (Å²) in [6, 6.07) is 14.5. The molecule has 0 aliphatic heterocycles. The Bertz CT molecular complexity index is 595. The summed E-state index contributed by atoms with van der Waals surface area (Å²) < 4.78 is 0. The molecule has 3 rings (SSSR count). The van der Waals surface area contributed by atoms with Gasteiger partial charge < -0.3 is 10.4 Å². The summed E-state index contributed by atoms with van der Waals surface area (Å²) in [6.45, 7) is 4.02. The number of hydrogen-bond acceptors (Lipinski definition) is 2. The monoisotopic (exact) mass is 283 g/mol. The Hall–Kier alpha value is -1.38.